The van der Waals surface area contributed by atoms with Crippen molar-refractivity contribution in [3.8, 4) is 11.5 Å². The van der Waals surface area contributed by atoms with Crippen LogP contribution in [0.25, 0.3) is 0 Å². The summed E-state index contributed by atoms with van der Waals surface area (Å²) in [4.78, 5) is 0. The normalized spacial score (nSPS) is 23.0. The number of phosphoric ester groups is 1. The van der Waals surface area contributed by atoms with Crippen molar-refractivity contribution in [3.05, 3.63) is 58.7 Å². The molecule has 2 aromatic rings. The highest BCUT2D eigenvalue weighted by Crippen LogP contribution is 2.55. The fraction of sp³-hybridized carbons (Fsp3) is 0.600. The van der Waals surface area contributed by atoms with Crippen LogP contribution < -0.4 is 9.05 Å². The number of hydrogen-bond donors (Lipinski definition) is 0. The van der Waals surface area contributed by atoms with E-state index in [-0.39, 0.29) is 27.8 Å². The second kappa shape index (κ2) is 8.96. The van der Waals surface area contributed by atoms with E-state index < -0.39 is 7.82 Å². The Morgan fingerprint density at radius 1 is 0.857 bits per heavy atom. The predicted octanol–water partition coefficient (Wildman–Crippen LogP) is 9.23. The van der Waals surface area contributed by atoms with Crippen molar-refractivity contribution in [1.82, 2.24) is 0 Å². The quantitative estimate of drug-likeness (QED) is 0.386. The molecule has 0 amide bonds. The van der Waals surface area contributed by atoms with Gasteiger partial charge in [-0.15, -0.1) is 0 Å². The van der Waals surface area contributed by atoms with Gasteiger partial charge in [0.2, 0.25) is 0 Å². The highest BCUT2D eigenvalue weighted by molar-refractivity contribution is 7.49. The third-order valence-electron chi connectivity index (χ3n) is 6.75. The Morgan fingerprint density at radius 2 is 1.46 bits per heavy atom. The number of fused-ring (bicyclic) bond motifs is 7. The summed E-state index contributed by atoms with van der Waals surface area (Å²) in [6.45, 7) is 25.7. The van der Waals surface area contributed by atoms with Gasteiger partial charge in [0.05, 0.1) is 6.10 Å². The summed E-state index contributed by atoms with van der Waals surface area (Å²) in [5, 5.41) is 0. The number of phosphoric acid groups is 1. The Morgan fingerprint density at radius 3 is 2.00 bits per heavy atom. The zero-order valence-corrected chi connectivity index (χ0v) is 24.7. The fourth-order valence-electron chi connectivity index (χ4n) is 4.68. The highest BCUT2D eigenvalue weighted by atomic mass is 31.2. The van der Waals surface area contributed by atoms with E-state index in [1.807, 2.05) is 25.1 Å². The first kappa shape index (κ1) is 27.8. The van der Waals surface area contributed by atoms with Gasteiger partial charge in [0, 0.05) is 11.1 Å². The van der Waals surface area contributed by atoms with Gasteiger partial charge in [-0.25, -0.2) is 4.57 Å². The molecule has 2 aliphatic heterocycles. The Kier molecular flexibility index (Phi) is 7.12. The van der Waals surface area contributed by atoms with E-state index in [0.29, 0.717) is 17.9 Å². The van der Waals surface area contributed by atoms with Crippen LogP contribution in [0.3, 0.4) is 0 Å². The lowest BCUT2D eigenvalue weighted by molar-refractivity contribution is 0.129. The molecule has 0 saturated carbocycles. The second-order valence-corrected chi connectivity index (χ2v) is 15.3. The molecule has 2 bridgehead atoms. The molecule has 2 heterocycles. The Bertz CT molecular complexity index is 1130. The van der Waals surface area contributed by atoms with E-state index in [1.165, 1.54) is 11.1 Å². The first-order chi connectivity index (χ1) is 15.7. The molecule has 0 aromatic heterocycles. The lowest BCUT2D eigenvalue weighted by atomic mass is 9.76. The molecule has 4 rings (SSSR count). The Hall–Kier alpha value is -1.77. The van der Waals surface area contributed by atoms with E-state index >= 15 is 0 Å². The standard InChI is InChI=1S/C30H45O4P/c1-20-19-30(11,12)22-14-16-26(24(18-22)29(8,9)10)34-35(31,32-20)33-25-15-13-21(27(2,3)4)17-23(25)28(5,6)7/h13-18,20H,19H2,1-12H3. The van der Waals surface area contributed by atoms with Crippen molar-refractivity contribution in [3.63, 3.8) is 0 Å². The van der Waals surface area contributed by atoms with E-state index in [1.54, 1.807) is 0 Å². The zero-order chi connectivity index (χ0) is 26.6. The van der Waals surface area contributed by atoms with E-state index in [2.05, 4.69) is 94.4 Å². The van der Waals surface area contributed by atoms with Crippen molar-refractivity contribution in [2.45, 2.75) is 117 Å². The number of benzene rings is 2. The summed E-state index contributed by atoms with van der Waals surface area (Å²) in [5.41, 5.74) is 3.77. The first-order valence-electron chi connectivity index (χ1n) is 12.7. The van der Waals surface area contributed by atoms with Crippen molar-refractivity contribution >= 4 is 7.82 Å². The van der Waals surface area contributed by atoms with Crippen LogP contribution in [-0.4, -0.2) is 6.10 Å². The van der Waals surface area contributed by atoms with Crippen LogP contribution in [0, 0.1) is 0 Å². The topological polar surface area (TPSA) is 44.8 Å². The third kappa shape index (κ3) is 6.33. The summed E-state index contributed by atoms with van der Waals surface area (Å²) in [5.74, 6) is 1.07. The van der Waals surface area contributed by atoms with Gasteiger partial charge in [0.1, 0.15) is 11.5 Å². The van der Waals surface area contributed by atoms with Crippen LogP contribution in [0.4, 0.5) is 0 Å². The molecule has 0 fully saturated rings. The maximum atomic E-state index is 14.3. The number of rotatable bonds is 2. The third-order valence-corrected chi connectivity index (χ3v) is 8.21. The molecule has 0 N–H and O–H groups in total. The molecule has 0 aliphatic carbocycles. The van der Waals surface area contributed by atoms with Gasteiger partial charge in [-0.2, -0.15) is 0 Å². The average molecular weight is 501 g/mol. The first-order valence-corrected chi connectivity index (χ1v) is 14.2. The molecule has 0 saturated heterocycles. The molecule has 194 valence electrons. The molecular weight excluding hydrogens is 455 g/mol. The van der Waals surface area contributed by atoms with Crippen molar-refractivity contribution in [2.75, 3.05) is 0 Å². The van der Waals surface area contributed by atoms with Crippen LogP contribution in [0.1, 0.15) is 112 Å². The van der Waals surface area contributed by atoms with Crippen molar-refractivity contribution in [2.24, 2.45) is 0 Å². The maximum absolute atomic E-state index is 14.3. The molecule has 0 spiro atoms. The molecule has 4 nitrogen and oxygen atoms in total. The van der Waals surface area contributed by atoms with Gasteiger partial charge in [0.25, 0.3) is 0 Å². The molecule has 2 aliphatic rings. The van der Waals surface area contributed by atoms with E-state index in [9.17, 15) is 4.57 Å². The molecule has 35 heavy (non-hydrogen) atoms. The van der Waals surface area contributed by atoms with E-state index in [4.69, 9.17) is 13.6 Å². The predicted molar refractivity (Wildman–Crippen MR) is 146 cm³/mol. The second-order valence-electron chi connectivity index (χ2n) is 13.8. The molecule has 0 radical (unpaired) electrons. The van der Waals surface area contributed by atoms with Gasteiger partial charge in [0.15, 0.2) is 0 Å². The lowest BCUT2D eigenvalue weighted by Crippen LogP contribution is -2.28. The summed E-state index contributed by atoms with van der Waals surface area (Å²) < 4.78 is 33.0. The lowest BCUT2D eigenvalue weighted by Gasteiger charge is -2.35. The SMILES string of the molecule is CC1CC(C)(C)c2ccc(c(C(C)(C)C)c2)OP(=O)(Oc2ccc(C(C)(C)C)cc2C(C)(C)C)O1. The highest BCUT2D eigenvalue weighted by Gasteiger charge is 2.40. The van der Waals surface area contributed by atoms with Crippen LogP contribution in [0.5, 0.6) is 11.5 Å². The minimum atomic E-state index is -4.01. The summed E-state index contributed by atoms with van der Waals surface area (Å²) >= 11 is 0. The monoisotopic (exact) mass is 500 g/mol. The molecule has 2 aromatic carbocycles. The zero-order valence-electron chi connectivity index (χ0n) is 23.8. The van der Waals surface area contributed by atoms with Gasteiger partial charge >= 0.3 is 7.82 Å². The molecular formula is C30H45O4P. The van der Waals surface area contributed by atoms with Crippen LogP contribution >= 0.6 is 7.82 Å². The minimum Gasteiger partial charge on any atom is -0.395 e. The molecule has 5 heteroatoms. The smallest absolute Gasteiger partial charge is 0.395 e. The molecule has 2 atom stereocenters. The van der Waals surface area contributed by atoms with E-state index in [0.717, 1.165) is 11.1 Å². The van der Waals surface area contributed by atoms with Gasteiger partial charge < -0.3 is 9.05 Å². The summed E-state index contributed by atoms with van der Waals surface area (Å²) in [6, 6.07) is 12.3. The fourth-order valence-corrected chi connectivity index (χ4v) is 6.11. The maximum Gasteiger partial charge on any atom is 0.587 e. The van der Waals surface area contributed by atoms with Gasteiger partial charge in [-0.05, 0) is 58.3 Å². The summed E-state index contributed by atoms with van der Waals surface area (Å²) in [7, 11) is -4.01. The van der Waals surface area contributed by atoms with Crippen LogP contribution in [-0.2, 0) is 30.7 Å². The molecule has 2 unspecified atom stereocenters. The van der Waals surface area contributed by atoms with Gasteiger partial charge in [-0.3, -0.25) is 4.52 Å². The van der Waals surface area contributed by atoms with Crippen molar-refractivity contribution < 1.29 is 18.1 Å². The minimum absolute atomic E-state index is 0.0182. The Balaban J connectivity index is 2.15. The largest absolute Gasteiger partial charge is 0.587 e. The van der Waals surface area contributed by atoms with Crippen LogP contribution in [0.15, 0.2) is 36.4 Å². The van der Waals surface area contributed by atoms with Gasteiger partial charge in [-0.1, -0.05) is 100 Å². The Labute approximate surface area is 213 Å². The average Bonchev–Trinajstić information content (AvgIpc) is 2.64. The summed E-state index contributed by atoms with van der Waals surface area (Å²) in [6.07, 6.45) is 0.358. The van der Waals surface area contributed by atoms with Crippen molar-refractivity contribution in [1.29, 1.82) is 0 Å². The number of hydrogen-bond acceptors (Lipinski definition) is 4. The van der Waals surface area contributed by atoms with Crippen LogP contribution in [0.2, 0.25) is 0 Å².